The second-order valence-electron chi connectivity index (χ2n) is 20.2. The maximum absolute atomic E-state index is 14.9. The molecule has 70 heavy (non-hydrogen) atoms. The van der Waals surface area contributed by atoms with Crippen molar-refractivity contribution < 1.29 is 48.0 Å². The fraction of sp³-hybridized carbons (Fsp3) is 0.491. The number of nitrogens with one attached hydrogen (secondary N) is 1. The Labute approximate surface area is 412 Å². The number of likely N-dealkylation sites (N-methyl/N-ethyl adjacent to an activating group) is 1. The maximum atomic E-state index is 14.9. The largest absolute Gasteiger partial charge is 0.508 e. The van der Waals surface area contributed by atoms with Crippen molar-refractivity contribution in [1.29, 1.82) is 0 Å². The Morgan fingerprint density at radius 3 is 2.53 bits per heavy atom. The zero-order chi connectivity index (χ0) is 50.6. The summed E-state index contributed by atoms with van der Waals surface area (Å²) in [6.07, 6.45) is 3.96. The Hall–Kier alpha value is -6.48. The molecule has 1 aromatic heterocycles. The van der Waals surface area contributed by atoms with Crippen LogP contribution in [0, 0.1) is 23.2 Å². The smallest absolute Gasteiger partial charge is 0.378 e. The first-order chi connectivity index (χ1) is 33.4. The normalized spacial score (nSPS) is 20.0. The lowest BCUT2D eigenvalue weighted by Gasteiger charge is -2.33. The number of cyclic esters (lactones) is 1. The third-order valence-electron chi connectivity index (χ3n) is 14.3. The van der Waals surface area contributed by atoms with Crippen molar-refractivity contribution in [2.75, 3.05) is 60.7 Å². The zero-order valence-corrected chi connectivity index (χ0v) is 42.2. The van der Waals surface area contributed by atoms with Crippen LogP contribution < -0.4 is 10.1 Å². The van der Waals surface area contributed by atoms with E-state index in [-0.39, 0.29) is 55.5 Å². The number of carbonyl (C=O) groups is 5. The van der Waals surface area contributed by atoms with Gasteiger partial charge in [0.25, 0.3) is 11.9 Å². The molecular formula is C55H71N6O9+. The molecule has 374 valence electrons. The molecule has 0 saturated carbocycles. The van der Waals surface area contributed by atoms with Gasteiger partial charge in [0.15, 0.2) is 6.72 Å². The summed E-state index contributed by atoms with van der Waals surface area (Å²) in [5, 5.41) is 16.9. The summed E-state index contributed by atoms with van der Waals surface area (Å²) in [6.45, 7) is 19.9. The van der Waals surface area contributed by atoms with Crippen LogP contribution in [0.15, 0.2) is 67.3 Å². The minimum absolute atomic E-state index is 0.0158. The first kappa shape index (κ1) is 51.4. The van der Waals surface area contributed by atoms with Gasteiger partial charge >= 0.3 is 5.97 Å². The molecule has 0 aliphatic carbocycles. The molecule has 0 spiro atoms. The number of phenols is 1. The lowest BCUT2D eigenvalue weighted by atomic mass is 9.83. The molecular weight excluding hydrogens is 889 g/mol. The average Bonchev–Trinajstić information content (AvgIpc) is 3.95. The number of aryl methyl sites for hydroxylation is 1. The van der Waals surface area contributed by atoms with Gasteiger partial charge in [-0.15, -0.1) is 9.69 Å². The van der Waals surface area contributed by atoms with E-state index < -0.39 is 41.2 Å². The van der Waals surface area contributed by atoms with E-state index in [0.717, 1.165) is 50.2 Å². The lowest BCUT2D eigenvalue weighted by molar-refractivity contribution is -0.693. The van der Waals surface area contributed by atoms with Gasteiger partial charge < -0.3 is 39.0 Å². The predicted molar refractivity (Wildman–Crippen MR) is 269 cm³/mol. The second kappa shape index (κ2) is 21.7. The van der Waals surface area contributed by atoms with Gasteiger partial charge in [-0.05, 0) is 109 Å². The molecule has 6 bridgehead atoms. The van der Waals surface area contributed by atoms with E-state index in [9.17, 15) is 29.1 Å². The number of likely N-dealkylation sites (tertiary alicyclic amines) is 1. The average molecular weight is 960 g/mol. The zero-order valence-electron chi connectivity index (χ0n) is 42.2. The van der Waals surface area contributed by atoms with Crippen molar-refractivity contribution in [3.8, 4) is 33.9 Å². The first-order valence-electron chi connectivity index (χ1n) is 24.6. The number of phenolic OH excluding ortho intramolecular Hbond substituents is 1. The number of hydrogen-bond donors (Lipinski definition) is 2. The summed E-state index contributed by atoms with van der Waals surface area (Å²) < 4.78 is 21.6. The molecule has 7 rings (SSSR count). The Balaban J connectivity index is 1.30. The molecule has 15 heteroatoms. The molecule has 15 nitrogen and oxygen atoms in total. The Morgan fingerprint density at radius 1 is 1.06 bits per heavy atom. The molecule has 4 amide bonds. The Bertz CT molecular complexity index is 2670. The molecule has 0 unspecified atom stereocenters. The fourth-order valence-corrected chi connectivity index (χ4v) is 10.8. The SMILES string of the molecule is C=CC(=O)N1CC[C@H](C(=O)N(C)[C@H](C(=O)NC[C@H]2Cc3cc(O)cc(c3)-c3ccc4c(c3)c(c(-c3c(CCOC)cccc3OC)n4CC)CC(C)(C)COC(=O)[C@@H]3CCCN(C2=O)[N+]3=C)C(C)C)C1. The summed E-state index contributed by atoms with van der Waals surface area (Å²) in [4.78, 5) is 72.5. The van der Waals surface area contributed by atoms with E-state index in [1.165, 1.54) is 20.7 Å². The van der Waals surface area contributed by atoms with Gasteiger partial charge in [-0.2, -0.15) is 0 Å². The van der Waals surface area contributed by atoms with Gasteiger partial charge in [0.05, 0.1) is 44.4 Å². The Kier molecular flexibility index (Phi) is 15.9. The van der Waals surface area contributed by atoms with Crippen LogP contribution in [-0.2, 0) is 59.3 Å². The van der Waals surface area contributed by atoms with Crippen molar-refractivity contribution in [3.63, 3.8) is 0 Å². The molecule has 3 aromatic carbocycles. The van der Waals surface area contributed by atoms with E-state index >= 15 is 0 Å². The Morgan fingerprint density at radius 2 is 1.83 bits per heavy atom. The number of hydrogen-bond acceptors (Lipinski definition) is 9. The third kappa shape index (κ3) is 10.6. The predicted octanol–water partition coefficient (Wildman–Crippen LogP) is 6.44. The van der Waals surface area contributed by atoms with E-state index in [4.69, 9.17) is 14.2 Å². The highest BCUT2D eigenvalue weighted by molar-refractivity contribution is 5.97. The molecule has 4 heterocycles. The molecule has 3 aliphatic heterocycles. The van der Waals surface area contributed by atoms with Crippen LogP contribution in [-0.4, -0.2) is 138 Å². The molecule has 2 fully saturated rings. The number of rotatable bonds is 13. The van der Waals surface area contributed by atoms with Gasteiger partial charge in [0, 0.05) is 68.6 Å². The number of benzene rings is 3. The van der Waals surface area contributed by atoms with Crippen LogP contribution in [0.4, 0.5) is 0 Å². The monoisotopic (exact) mass is 960 g/mol. The number of esters is 1. The number of amides is 4. The van der Waals surface area contributed by atoms with Gasteiger partial charge in [0.1, 0.15) is 17.5 Å². The molecule has 2 saturated heterocycles. The number of fused-ring (bicyclic) bond motifs is 6. The lowest BCUT2D eigenvalue weighted by Crippen LogP contribution is -2.56. The summed E-state index contributed by atoms with van der Waals surface area (Å²) in [5.41, 5.74) is 6.82. The van der Waals surface area contributed by atoms with Crippen molar-refractivity contribution in [2.24, 2.45) is 23.2 Å². The number of hydrazine groups is 1. The molecule has 4 atom stereocenters. The number of carbonyl (C=O) groups excluding carboxylic acids is 5. The van der Waals surface area contributed by atoms with Crippen LogP contribution >= 0.6 is 0 Å². The van der Waals surface area contributed by atoms with Crippen molar-refractivity contribution in [2.45, 2.75) is 91.8 Å². The molecule has 2 N–H and O–H groups in total. The summed E-state index contributed by atoms with van der Waals surface area (Å²) >= 11 is 0. The van der Waals surface area contributed by atoms with Crippen molar-refractivity contribution in [3.05, 3.63) is 83.9 Å². The number of methoxy groups -OCH3 is 2. The number of nitrogens with zero attached hydrogens (tertiary/aromatic N) is 5. The second-order valence-corrected chi connectivity index (χ2v) is 20.2. The van der Waals surface area contributed by atoms with E-state index in [0.29, 0.717) is 63.9 Å². The molecule has 3 aliphatic rings. The van der Waals surface area contributed by atoms with E-state index in [1.807, 2.05) is 38.1 Å². The van der Waals surface area contributed by atoms with Crippen LogP contribution in [0.3, 0.4) is 0 Å². The first-order valence-corrected chi connectivity index (χ1v) is 24.6. The maximum Gasteiger partial charge on any atom is 0.378 e. The van der Waals surface area contributed by atoms with Gasteiger partial charge in [-0.1, -0.05) is 58.5 Å². The van der Waals surface area contributed by atoms with Gasteiger partial charge in [-0.25, -0.2) is 4.79 Å². The highest BCUT2D eigenvalue weighted by atomic mass is 16.5. The van der Waals surface area contributed by atoms with Gasteiger partial charge in [-0.3, -0.25) is 19.2 Å². The van der Waals surface area contributed by atoms with Crippen LogP contribution in [0.25, 0.3) is 33.3 Å². The highest BCUT2D eigenvalue weighted by Gasteiger charge is 2.44. The third-order valence-corrected chi connectivity index (χ3v) is 14.3. The van der Waals surface area contributed by atoms with Crippen LogP contribution in [0.1, 0.15) is 70.6 Å². The number of aromatic nitrogens is 1. The van der Waals surface area contributed by atoms with Crippen molar-refractivity contribution in [1.82, 2.24) is 24.7 Å². The van der Waals surface area contributed by atoms with E-state index in [2.05, 4.69) is 62.2 Å². The topological polar surface area (TPSA) is 163 Å². The number of hydrazone groups is 1. The molecule has 4 aromatic rings. The van der Waals surface area contributed by atoms with Gasteiger partial charge in [0.2, 0.25) is 17.7 Å². The summed E-state index contributed by atoms with van der Waals surface area (Å²) in [7, 11) is 4.98. The minimum Gasteiger partial charge on any atom is -0.508 e. The minimum atomic E-state index is -0.874. The molecule has 0 radical (unpaired) electrons. The summed E-state index contributed by atoms with van der Waals surface area (Å²) in [6, 6.07) is 16.0. The fourth-order valence-electron chi connectivity index (χ4n) is 10.8. The number of ether oxygens (including phenoxy) is 3. The van der Waals surface area contributed by atoms with Crippen LogP contribution in [0.5, 0.6) is 11.5 Å². The van der Waals surface area contributed by atoms with Crippen LogP contribution in [0.2, 0.25) is 0 Å². The summed E-state index contributed by atoms with van der Waals surface area (Å²) in [5.74, 6) is -2.63. The number of aromatic hydroxyl groups is 1. The quantitative estimate of drug-likeness (QED) is 0.0874. The van der Waals surface area contributed by atoms with Crippen molar-refractivity contribution >= 4 is 47.2 Å². The van der Waals surface area contributed by atoms with E-state index in [1.54, 1.807) is 38.3 Å². The standard InChI is InChI=1S/C55H70N6O9/c1-11-47(63)59-23-20-38(32-59)52(65)57(7)49(34(3)4)51(64)56-31-40-26-35-25-39(28-41(62)27-35)37-18-19-44-42(29-37)43(50(60(44)12-2)48-36(21-24-68-9)15-13-17-46(48)69-10)30-55(5,6)33-70-54(67)45-16-14-22-61(53(40)66)58(45)8/h11,13,15,17-19,25,27-29,34,38,40,45,49H,1,8,12,14,16,20-24,26,30-33H2,2-7,9-10H3,(H-,56,62,64)/p+1/t38-,40+,45-,49-/m0/s1. The highest BCUT2D eigenvalue weighted by Crippen LogP contribution is 2.45.